The standard InChI is InChI=1S/C11H18N2O5/c1-8(14)13-10(6-17-9(2)15)11(4-5-12-13)18-7-16-3/h5,10-11H,4,6-7H2,1-3H3/t10-,11+/m1/s1. The van der Waals surface area contributed by atoms with Crippen LogP contribution in [0.4, 0.5) is 0 Å². The van der Waals surface area contributed by atoms with E-state index >= 15 is 0 Å². The highest BCUT2D eigenvalue weighted by molar-refractivity contribution is 5.76. The predicted molar refractivity (Wildman–Crippen MR) is 62.8 cm³/mol. The number of amides is 1. The molecule has 1 heterocycles. The summed E-state index contributed by atoms with van der Waals surface area (Å²) in [6.45, 7) is 2.88. The summed E-state index contributed by atoms with van der Waals surface area (Å²) in [5.74, 6) is -0.632. The van der Waals surface area contributed by atoms with Crippen molar-refractivity contribution in [1.29, 1.82) is 0 Å². The van der Waals surface area contributed by atoms with Crippen molar-refractivity contribution in [3.8, 4) is 0 Å². The first-order valence-electron chi connectivity index (χ1n) is 5.62. The summed E-state index contributed by atoms with van der Waals surface area (Å²) in [6, 6.07) is -0.424. The number of esters is 1. The van der Waals surface area contributed by atoms with E-state index < -0.39 is 12.0 Å². The molecule has 0 N–H and O–H groups in total. The van der Waals surface area contributed by atoms with Gasteiger partial charge in [-0.1, -0.05) is 0 Å². The molecule has 0 aromatic carbocycles. The van der Waals surface area contributed by atoms with Gasteiger partial charge in [-0.3, -0.25) is 9.59 Å². The molecule has 1 aliphatic rings. The molecular formula is C11H18N2O5. The van der Waals surface area contributed by atoms with Crippen molar-refractivity contribution < 1.29 is 23.8 Å². The van der Waals surface area contributed by atoms with Crippen LogP contribution in [0.2, 0.25) is 0 Å². The van der Waals surface area contributed by atoms with Crippen molar-refractivity contribution in [3.63, 3.8) is 0 Å². The van der Waals surface area contributed by atoms with Crippen LogP contribution in [0.1, 0.15) is 20.3 Å². The largest absolute Gasteiger partial charge is 0.463 e. The molecular weight excluding hydrogens is 240 g/mol. The van der Waals surface area contributed by atoms with Crippen LogP contribution in [0.3, 0.4) is 0 Å². The van der Waals surface area contributed by atoms with E-state index in [0.717, 1.165) is 0 Å². The van der Waals surface area contributed by atoms with Gasteiger partial charge >= 0.3 is 5.97 Å². The zero-order valence-corrected chi connectivity index (χ0v) is 10.8. The minimum absolute atomic E-state index is 0.0562. The highest BCUT2D eigenvalue weighted by Gasteiger charge is 2.33. The van der Waals surface area contributed by atoms with E-state index in [1.807, 2.05) is 0 Å². The predicted octanol–water partition coefficient (Wildman–Crippen LogP) is 0.145. The highest BCUT2D eigenvalue weighted by Crippen LogP contribution is 2.17. The van der Waals surface area contributed by atoms with E-state index in [9.17, 15) is 9.59 Å². The van der Waals surface area contributed by atoms with Gasteiger partial charge in [0, 0.05) is 33.6 Å². The van der Waals surface area contributed by atoms with Gasteiger partial charge in [-0.05, 0) is 0 Å². The minimum atomic E-state index is -0.424. The van der Waals surface area contributed by atoms with Gasteiger partial charge < -0.3 is 14.2 Å². The maximum Gasteiger partial charge on any atom is 0.302 e. The number of methoxy groups -OCH3 is 1. The zero-order chi connectivity index (χ0) is 13.5. The van der Waals surface area contributed by atoms with Gasteiger partial charge in [0.1, 0.15) is 19.4 Å². The molecule has 1 rings (SSSR count). The van der Waals surface area contributed by atoms with E-state index in [1.54, 1.807) is 6.21 Å². The fourth-order valence-corrected chi connectivity index (χ4v) is 1.67. The Balaban J connectivity index is 2.71. The number of carbonyl (C=O) groups excluding carboxylic acids is 2. The van der Waals surface area contributed by atoms with Crippen LogP contribution in [0, 0.1) is 0 Å². The second-order valence-electron chi connectivity index (χ2n) is 3.88. The minimum Gasteiger partial charge on any atom is -0.463 e. The Labute approximate surface area is 106 Å². The SMILES string of the molecule is COCO[C@H]1CC=NN(C(C)=O)[C@@H]1COC(C)=O. The Morgan fingerprint density at radius 1 is 1.44 bits per heavy atom. The van der Waals surface area contributed by atoms with E-state index in [2.05, 4.69) is 5.10 Å². The summed E-state index contributed by atoms with van der Waals surface area (Å²) in [5, 5.41) is 5.26. The summed E-state index contributed by atoms with van der Waals surface area (Å²) < 4.78 is 15.2. The summed E-state index contributed by atoms with van der Waals surface area (Å²) >= 11 is 0. The molecule has 0 bridgehead atoms. The Kier molecular flexibility index (Phi) is 5.73. The molecule has 0 aliphatic carbocycles. The maximum atomic E-state index is 11.5. The lowest BCUT2D eigenvalue weighted by Gasteiger charge is -2.34. The fraction of sp³-hybridized carbons (Fsp3) is 0.727. The van der Waals surface area contributed by atoms with Gasteiger partial charge in [-0.15, -0.1) is 0 Å². The maximum absolute atomic E-state index is 11.5. The lowest BCUT2D eigenvalue weighted by molar-refractivity contribution is -0.155. The first kappa shape index (κ1) is 14.6. The van der Waals surface area contributed by atoms with Gasteiger partial charge in [0.15, 0.2) is 0 Å². The van der Waals surface area contributed by atoms with Crippen molar-refractivity contribution in [2.45, 2.75) is 32.4 Å². The van der Waals surface area contributed by atoms with E-state index in [0.29, 0.717) is 6.42 Å². The number of ether oxygens (including phenoxy) is 3. The molecule has 0 unspecified atom stereocenters. The van der Waals surface area contributed by atoms with Crippen LogP contribution < -0.4 is 0 Å². The first-order chi connectivity index (χ1) is 8.56. The average molecular weight is 258 g/mol. The van der Waals surface area contributed by atoms with Crippen molar-refractivity contribution in [2.24, 2.45) is 5.10 Å². The number of nitrogens with zero attached hydrogens (tertiary/aromatic N) is 2. The number of hydrazone groups is 1. The Morgan fingerprint density at radius 3 is 2.72 bits per heavy atom. The van der Waals surface area contributed by atoms with Crippen LogP contribution in [-0.2, 0) is 23.8 Å². The third-order valence-electron chi connectivity index (χ3n) is 2.47. The average Bonchev–Trinajstić information content (AvgIpc) is 2.33. The third-order valence-corrected chi connectivity index (χ3v) is 2.47. The summed E-state index contributed by atoms with van der Waals surface area (Å²) in [7, 11) is 1.51. The second-order valence-corrected chi connectivity index (χ2v) is 3.88. The van der Waals surface area contributed by atoms with Crippen molar-refractivity contribution in [3.05, 3.63) is 0 Å². The molecule has 102 valence electrons. The molecule has 0 aromatic heterocycles. The van der Waals surface area contributed by atoms with E-state index in [-0.39, 0.29) is 25.4 Å². The summed E-state index contributed by atoms with van der Waals surface area (Å²) in [4.78, 5) is 22.3. The third kappa shape index (κ3) is 4.08. The molecule has 0 saturated carbocycles. The first-order valence-corrected chi connectivity index (χ1v) is 5.62. The van der Waals surface area contributed by atoms with Crippen LogP contribution in [0.5, 0.6) is 0 Å². The van der Waals surface area contributed by atoms with Crippen molar-refractivity contribution in [1.82, 2.24) is 5.01 Å². The Bertz CT molecular complexity index is 331. The number of carbonyl (C=O) groups is 2. The van der Waals surface area contributed by atoms with Crippen LogP contribution in [0.15, 0.2) is 5.10 Å². The monoisotopic (exact) mass is 258 g/mol. The van der Waals surface area contributed by atoms with E-state index in [1.165, 1.54) is 26.0 Å². The summed E-state index contributed by atoms with van der Waals surface area (Å²) in [6.07, 6.45) is 1.84. The van der Waals surface area contributed by atoms with Gasteiger partial charge in [0.25, 0.3) is 0 Å². The number of hydrogen-bond acceptors (Lipinski definition) is 6. The highest BCUT2D eigenvalue weighted by atomic mass is 16.7. The zero-order valence-electron chi connectivity index (χ0n) is 10.8. The lowest BCUT2D eigenvalue weighted by Crippen LogP contribution is -2.50. The Hall–Kier alpha value is -1.47. The normalized spacial score (nSPS) is 22.9. The molecule has 2 atom stereocenters. The molecule has 0 saturated heterocycles. The molecule has 0 radical (unpaired) electrons. The Morgan fingerprint density at radius 2 is 2.17 bits per heavy atom. The molecule has 0 spiro atoms. The fourth-order valence-electron chi connectivity index (χ4n) is 1.67. The molecule has 7 heteroatoms. The number of rotatable bonds is 5. The topological polar surface area (TPSA) is 77.4 Å². The van der Waals surface area contributed by atoms with Gasteiger partial charge in [-0.2, -0.15) is 5.10 Å². The quantitative estimate of drug-likeness (QED) is 0.518. The van der Waals surface area contributed by atoms with Crippen LogP contribution in [-0.4, -0.2) is 55.8 Å². The van der Waals surface area contributed by atoms with Gasteiger partial charge in [0.2, 0.25) is 5.91 Å². The van der Waals surface area contributed by atoms with Crippen LogP contribution >= 0.6 is 0 Å². The molecule has 0 fully saturated rings. The summed E-state index contributed by atoms with van der Waals surface area (Å²) in [5.41, 5.74) is 0. The van der Waals surface area contributed by atoms with E-state index in [4.69, 9.17) is 14.2 Å². The molecule has 1 aliphatic heterocycles. The smallest absolute Gasteiger partial charge is 0.302 e. The van der Waals surface area contributed by atoms with Gasteiger partial charge in [0.05, 0.1) is 6.10 Å². The van der Waals surface area contributed by atoms with Crippen LogP contribution in [0.25, 0.3) is 0 Å². The molecule has 7 nitrogen and oxygen atoms in total. The molecule has 1 amide bonds. The van der Waals surface area contributed by atoms with Gasteiger partial charge in [-0.25, -0.2) is 5.01 Å². The van der Waals surface area contributed by atoms with Crippen molar-refractivity contribution >= 4 is 18.1 Å². The second kappa shape index (κ2) is 7.07. The molecule has 18 heavy (non-hydrogen) atoms. The number of hydrogen-bond donors (Lipinski definition) is 0. The molecule has 0 aromatic rings. The van der Waals surface area contributed by atoms with Crippen molar-refractivity contribution in [2.75, 3.05) is 20.5 Å². The lowest BCUT2D eigenvalue weighted by atomic mass is 10.1.